The van der Waals surface area contributed by atoms with Gasteiger partial charge >= 0.3 is 0 Å². The monoisotopic (exact) mass is 390 g/mol. The maximum Gasteiger partial charge on any atom is 0.289 e. The van der Waals surface area contributed by atoms with Crippen LogP contribution in [0.5, 0.6) is 0 Å². The summed E-state index contributed by atoms with van der Waals surface area (Å²) in [6.07, 6.45) is 2.68. The largest absolute Gasteiger partial charge is 0.337 e. The van der Waals surface area contributed by atoms with Crippen molar-refractivity contribution in [3.05, 3.63) is 77.5 Å². The van der Waals surface area contributed by atoms with Crippen LogP contribution >= 0.6 is 0 Å². The summed E-state index contributed by atoms with van der Waals surface area (Å²) in [5, 5.41) is 5.58. The van der Waals surface area contributed by atoms with Crippen LogP contribution in [-0.2, 0) is 11.2 Å². The fourth-order valence-corrected chi connectivity index (χ4v) is 3.32. The summed E-state index contributed by atoms with van der Waals surface area (Å²) < 4.78 is 13.2. The maximum atomic E-state index is 13.2. The number of hydrogen-bond acceptors (Lipinski definition) is 4. The number of rotatable bonds is 3. The molecule has 1 aromatic heterocycles. The van der Waals surface area contributed by atoms with Crippen LogP contribution in [-0.4, -0.2) is 27.8 Å². The van der Waals surface area contributed by atoms with Gasteiger partial charge in [-0.3, -0.25) is 9.59 Å². The van der Waals surface area contributed by atoms with E-state index >= 15 is 0 Å². The Morgan fingerprint density at radius 2 is 1.93 bits per heavy atom. The number of nitrogens with zero attached hydrogens (tertiary/aromatic N) is 2. The molecule has 0 bridgehead atoms. The van der Waals surface area contributed by atoms with Crippen LogP contribution in [0, 0.1) is 12.7 Å². The summed E-state index contributed by atoms with van der Waals surface area (Å²) in [4.78, 5) is 33.7. The van der Waals surface area contributed by atoms with Crippen molar-refractivity contribution in [2.45, 2.75) is 25.8 Å². The topological polar surface area (TPSA) is 84.0 Å². The van der Waals surface area contributed by atoms with E-state index in [4.69, 9.17) is 0 Å². The molecule has 2 aromatic carbocycles. The molecule has 3 aromatic rings. The first-order valence-corrected chi connectivity index (χ1v) is 9.30. The molecule has 0 spiro atoms. The average Bonchev–Trinajstić information content (AvgIpc) is 2.88. The molecule has 0 fully saturated rings. The molecule has 1 aliphatic heterocycles. The molecule has 2 N–H and O–H groups in total. The summed E-state index contributed by atoms with van der Waals surface area (Å²) in [6, 6.07) is 12.8. The predicted octanol–water partition coefficient (Wildman–Crippen LogP) is 3.27. The van der Waals surface area contributed by atoms with E-state index in [0.717, 1.165) is 16.8 Å². The Morgan fingerprint density at radius 3 is 2.72 bits per heavy atom. The molecule has 2 heterocycles. The van der Waals surface area contributed by atoms with Crippen LogP contribution in [0.25, 0.3) is 11.3 Å². The number of fused-ring (bicyclic) bond motifs is 1. The number of amides is 2. The Hall–Kier alpha value is -3.61. The van der Waals surface area contributed by atoms with Gasteiger partial charge in [-0.05, 0) is 61.2 Å². The molecule has 7 heteroatoms. The van der Waals surface area contributed by atoms with Crippen LogP contribution in [0.15, 0.2) is 54.7 Å². The second kappa shape index (κ2) is 7.79. The molecule has 0 saturated heterocycles. The molecule has 1 aliphatic rings. The van der Waals surface area contributed by atoms with Crippen LogP contribution < -0.4 is 10.6 Å². The van der Waals surface area contributed by atoms with Crippen LogP contribution in [0.1, 0.15) is 28.2 Å². The fourth-order valence-electron chi connectivity index (χ4n) is 3.32. The number of aryl methyl sites for hydroxylation is 2. The molecule has 0 aliphatic carbocycles. The zero-order valence-electron chi connectivity index (χ0n) is 15.8. The summed E-state index contributed by atoms with van der Waals surface area (Å²) in [6.45, 7) is 1.82. The lowest BCUT2D eigenvalue weighted by Crippen LogP contribution is -2.43. The predicted molar refractivity (Wildman–Crippen MR) is 107 cm³/mol. The molecule has 2 amide bonds. The van der Waals surface area contributed by atoms with Crippen LogP contribution in [0.4, 0.5) is 10.1 Å². The van der Waals surface area contributed by atoms with Gasteiger partial charge in [0.1, 0.15) is 11.9 Å². The van der Waals surface area contributed by atoms with Gasteiger partial charge in [-0.25, -0.2) is 14.4 Å². The Labute approximate surface area is 167 Å². The minimum absolute atomic E-state index is 0.0375. The highest BCUT2D eigenvalue weighted by Crippen LogP contribution is 2.23. The van der Waals surface area contributed by atoms with E-state index < -0.39 is 11.9 Å². The highest BCUT2D eigenvalue weighted by atomic mass is 19.1. The third-order valence-corrected chi connectivity index (χ3v) is 4.89. The van der Waals surface area contributed by atoms with E-state index in [0.29, 0.717) is 24.1 Å². The Balaban J connectivity index is 1.54. The van der Waals surface area contributed by atoms with E-state index in [2.05, 4.69) is 20.6 Å². The third kappa shape index (κ3) is 3.99. The second-order valence-corrected chi connectivity index (χ2v) is 6.94. The molecule has 1 unspecified atom stereocenters. The summed E-state index contributed by atoms with van der Waals surface area (Å²) in [5.74, 6) is -1.18. The van der Waals surface area contributed by atoms with Crippen molar-refractivity contribution in [3.8, 4) is 11.3 Å². The first kappa shape index (κ1) is 18.7. The van der Waals surface area contributed by atoms with Crippen molar-refractivity contribution in [2.24, 2.45) is 0 Å². The molecule has 4 rings (SSSR count). The van der Waals surface area contributed by atoms with Gasteiger partial charge in [-0.15, -0.1) is 0 Å². The van der Waals surface area contributed by atoms with Crippen LogP contribution in [0.2, 0.25) is 0 Å². The zero-order chi connectivity index (χ0) is 20.4. The SMILES string of the molecule is Cc1cnc(C(=O)NC2CCc3ccccc3NC2=O)nc1-c1ccc(F)cc1. The van der Waals surface area contributed by atoms with Crippen molar-refractivity contribution >= 4 is 17.5 Å². The lowest BCUT2D eigenvalue weighted by molar-refractivity contribution is -0.118. The van der Waals surface area contributed by atoms with Crippen LogP contribution in [0.3, 0.4) is 0 Å². The Morgan fingerprint density at radius 1 is 1.17 bits per heavy atom. The van der Waals surface area contributed by atoms with Gasteiger partial charge in [0.15, 0.2) is 0 Å². The zero-order valence-corrected chi connectivity index (χ0v) is 15.8. The van der Waals surface area contributed by atoms with E-state index in [1.165, 1.54) is 12.1 Å². The Kier molecular flexibility index (Phi) is 5.03. The number of anilines is 1. The highest BCUT2D eigenvalue weighted by molar-refractivity contribution is 6.00. The number of aromatic nitrogens is 2. The number of benzene rings is 2. The number of carbonyl (C=O) groups is 2. The maximum absolute atomic E-state index is 13.2. The molecule has 0 saturated carbocycles. The molecule has 0 radical (unpaired) electrons. The highest BCUT2D eigenvalue weighted by Gasteiger charge is 2.26. The first-order valence-electron chi connectivity index (χ1n) is 9.30. The first-order chi connectivity index (χ1) is 14.0. The average molecular weight is 390 g/mol. The molecular weight excluding hydrogens is 371 g/mol. The van der Waals surface area contributed by atoms with E-state index in [1.54, 1.807) is 18.3 Å². The molecule has 29 heavy (non-hydrogen) atoms. The van der Waals surface area contributed by atoms with Crippen molar-refractivity contribution in [1.82, 2.24) is 15.3 Å². The summed E-state index contributed by atoms with van der Waals surface area (Å²) >= 11 is 0. The van der Waals surface area contributed by atoms with Gasteiger partial charge in [-0.1, -0.05) is 18.2 Å². The number of nitrogens with one attached hydrogen (secondary N) is 2. The minimum atomic E-state index is -0.686. The van der Waals surface area contributed by atoms with Gasteiger partial charge < -0.3 is 10.6 Å². The Bertz CT molecular complexity index is 1080. The normalized spacial score (nSPS) is 15.8. The number of halogens is 1. The molecule has 1 atom stereocenters. The van der Waals surface area contributed by atoms with Gasteiger partial charge in [-0.2, -0.15) is 0 Å². The lowest BCUT2D eigenvalue weighted by Gasteiger charge is -2.15. The van der Waals surface area contributed by atoms with E-state index in [9.17, 15) is 14.0 Å². The van der Waals surface area contributed by atoms with Gasteiger partial charge in [0, 0.05) is 17.4 Å². The van der Waals surface area contributed by atoms with Crippen molar-refractivity contribution in [2.75, 3.05) is 5.32 Å². The van der Waals surface area contributed by atoms with E-state index in [1.807, 2.05) is 31.2 Å². The van der Waals surface area contributed by atoms with Gasteiger partial charge in [0.05, 0.1) is 5.69 Å². The van der Waals surface area contributed by atoms with Gasteiger partial charge in [0.25, 0.3) is 5.91 Å². The lowest BCUT2D eigenvalue weighted by atomic mass is 10.1. The third-order valence-electron chi connectivity index (χ3n) is 4.89. The molecular formula is C22H19FN4O2. The number of hydrogen-bond donors (Lipinski definition) is 2. The second-order valence-electron chi connectivity index (χ2n) is 6.94. The standard InChI is InChI=1S/C22H19FN4O2/c1-13-12-24-20(27-19(13)15-6-9-16(23)10-7-15)22(29)26-18-11-8-14-4-2-3-5-17(14)25-21(18)28/h2-7,9-10,12,18H,8,11H2,1H3,(H,25,28)(H,26,29). The molecule has 146 valence electrons. The quantitative estimate of drug-likeness (QED) is 0.719. The number of carbonyl (C=O) groups excluding carboxylic acids is 2. The van der Waals surface area contributed by atoms with Crippen molar-refractivity contribution in [1.29, 1.82) is 0 Å². The smallest absolute Gasteiger partial charge is 0.289 e. The van der Waals surface area contributed by atoms with Crippen molar-refractivity contribution in [3.63, 3.8) is 0 Å². The summed E-state index contributed by atoms with van der Waals surface area (Å²) in [7, 11) is 0. The van der Waals surface area contributed by atoms with Crippen molar-refractivity contribution < 1.29 is 14.0 Å². The summed E-state index contributed by atoms with van der Waals surface area (Å²) in [5.41, 5.74) is 3.78. The van der Waals surface area contributed by atoms with Gasteiger partial charge in [0.2, 0.25) is 11.7 Å². The molecule has 6 nitrogen and oxygen atoms in total. The number of para-hydroxylation sites is 1. The minimum Gasteiger partial charge on any atom is -0.337 e. The van der Waals surface area contributed by atoms with E-state index in [-0.39, 0.29) is 17.5 Å². The fraction of sp³-hybridized carbons (Fsp3) is 0.182.